The minimum absolute atomic E-state index is 0.0985. The Morgan fingerprint density at radius 2 is 1.83 bits per heavy atom. The molecule has 0 amide bonds. The van der Waals surface area contributed by atoms with Gasteiger partial charge in [-0.3, -0.25) is 9.59 Å². The number of rotatable bonds is 7. The molecule has 0 aromatic rings. The normalized spacial score (nSPS) is 15.2. The van der Waals surface area contributed by atoms with Gasteiger partial charge in [-0.25, -0.2) is 12.7 Å². The maximum absolute atomic E-state index is 12.1. The van der Waals surface area contributed by atoms with E-state index in [1.807, 2.05) is 0 Å². The average Bonchev–Trinajstić information content (AvgIpc) is 2.32. The second-order valence-electron chi connectivity index (χ2n) is 3.90. The number of aliphatic carboxylic acids is 1. The Morgan fingerprint density at radius 1 is 1.33 bits per heavy atom. The smallest absolute Gasteiger partial charge is 0.325 e. The Balaban J connectivity index is 5.05. The van der Waals surface area contributed by atoms with Crippen molar-refractivity contribution < 1.29 is 27.9 Å². The summed E-state index contributed by atoms with van der Waals surface area (Å²) in [5.41, 5.74) is 0. The maximum atomic E-state index is 12.1. The van der Waals surface area contributed by atoms with Gasteiger partial charge >= 0.3 is 11.9 Å². The topological polar surface area (TPSA) is 101 Å². The summed E-state index contributed by atoms with van der Waals surface area (Å²) in [5, 5.41) is 7.43. The standard InChI is InChI=1S/C10H19NO6S/c1-5-11(6-7(2)9(12)13)18(15,16)8(3)10(14)17-4/h7-8H,5-6H2,1-4H3,(H,12,13). The zero-order valence-corrected chi connectivity index (χ0v) is 11.7. The van der Waals surface area contributed by atoms with Gasteiger partial charge in [-0.1, -0.05) is 13.8 Å². The summed E-state index contributed by atoms with van der Waals surface area (Å²) >= 11 is 0. The van der Waals surface area contributed by atoms with Crippen molar-refractivity contribution >= 4 is 22.0 Å². The monoisotopic (exact) mass is 281 g/mol. The molecule has 0 aliphatic heterocycles. The van der Waals surface area contributed by atoms with Crippen LogP contribution in [0.2, 0.25) is 0 Å². The minimum atomic E-state index is -3.90. The first kappa shape index (κ1) is 16.9. The first-order valence-corrected chi connectivity index (χ1v) is 6.98. The van der Waals surface area contributed by atoms with Gasteiger partial charge in [0.25, 0.3) is 0 Å². The van der Waals surface area contributed by atoms with Crippen LogP contribution in [0.5, 0.6) is 0 Å². The Morgan fingerprint density at radius 3 is 2.17 bits per heavy atom. The lowest BCUT2D eigenvalue weighted by molar-refractivity contribution is -0.141. The fourth-order valence-corrected chi connectivity index (χ4v) is 2.89. The molecule has 8 heteroatoms. The molecule has 2 unspecified atom stereocenters. The number of carbonyl (C=O) groups is 2. The van der Waals surface area contributed by atoms with Crippen molar-refractivity contribution in [3.8, 4) is 0 Å². The molecule has 7 nitrogen and oxygen atoms in total. The predicted molar refractivity (Wildman–Crippen MR) is 64.4 cm³/mol. The summed E-state index contributed by atoms with van der Waals surface area (Å²) in [7, 11) is -2.79. The lowest BCUT2D eigenvalue weighted by atomic mass is 10.2. The number of methoxy groups -OCH3 is 1. The van der Waals surface area contributed by atoms with E-state index in [0.29, 0.717) is 0 Å². The molecule has 106 valence electrons. The summed E-state index contributed by atoms with van der Waals surface area (Å²) in [6.07, 6.45) is 0. The molecule has 2 atom stereocenters. The number of ether oxygens (including phenoxy) is 1. The highest BCUT2D eigenvalue weighted by Gasteiger charge is 2.35. The van der Waals surface area contributed by atoms with Crippen LogP contribution in [0.4, 0.5) is 0 Å². The van der Waals surface area contributed by atoms with Crippen molar-refractivity contribution in [1.82, 2.24) is 4.31 Å². The predicted octanol–water partition coefficient (Wildman–Crippen LogP) is -0.0797. The quantitative estimate of drug-likeness (QED) is 0.655. The molecule has 18 heavy (non-hydrogen) atoms. The van der Waals surface area contributed by atoms with Crippen LogP contribution >= 0.6 is 0 Å². The molecule has 0 radical (unpaired) electrons. The van der Waals surface area contributed by atoms with E-state index in [0.717, 1.165) is 11.4 Å². The summed E-state index contributed by atoms with van der Waals surface area (Å²) in [4.78, 5) is 22.0. The number of hydrogen-bond donors (Lipinski definition) is 1. The van der Waals surface area contributed by atoms with E-state index in [1.54, 1.807) is 6.92 Å². The highest BCUT2D eigenvalue weighted by atomic mass is 32.2. The summed E-state index contributed by atoms with van der Waals surface area (Å²) in [5.74, 6) is -2.80. The van der Waals surface area contributed by atoms with Gasteiger partial charge in [0.1, 0.15) is 0 Å². The fraction of sp³-hybridized carbons (Fsp3) is 0.800. The molecule has 0 bridgehead atoms. The van der Waals surface area contributed by atoms with E-state index < -0.39 is 33.1 Å². The highest BCUT2D eigenvalue weighted by molar-refractivity contribution is 7.90. The van der Waals surface area contributed by atoms with Crippen molar-refractivity contribution in [2.45, 2.75) is 26.0 Å². The van der Waals surface area contributed by atoms with E-state index >= 15 is 0 Å². The van der Waals surface area contributed by atoms with Crippen molar-refractivity contribution in [3.63, 3.8) is 0 Å². The number of nitrogens with zero attached hydrogens (tertiary/aromatic N) is 1. The van der Waals surface area contributed by atoms with Crippen LogP contribution in [-0.4, -0.2) is 55.2 Å². The van der Waals surface area contributed by atoms with Crippen LogP contribution in [0, 0.1) is 5.92 Å². The Hall–Kier alpha value is -1.15. The number of carboxylic acid groups (broad SMARTS) is 1. The first-order chi connectivity index (χ1) is 8.18. The van der Waals surface area contributed by atoms with Crippen LogP contribution in [0.25, 0.3) is 0 Å². The van der Waals surface area contributed by atoms with Gasteiger partial charge in [0.2, 0.25) is 10.0 Å². The molecule has 1 N–H and O–H groups in total. The van der Waals surface area contributed by atoms with Crippen molar-refractivity contribution in [2.24, 2.45) is 5.92 Å². The minimum Gasteiger partial charge on any atom is -0.481 e. The molecule has 0 heterocycles. The maximum Gasteiger partial charge on any atom is 0.325 e. The van der Waals surface area contributed by atoms with Crippen molar-refractivity contribution in [2.75, 3.05) is 20.2 Å². The Labute approximate surface area is 107 Å². The average molecular weight is 281 g/mol. The van der Waals surface area contributed by atoms with Gasteiger partial charge in [0.05, 0.1) is 13.0 Å². The molecule has 0 aliphatic carbocycles. The van der Waals surface area contributed by atoms with Gasteiger partial charge in [-0.2, -0.15) is 0 Å². The second kappa shape index (κ2) is 6.69. The van der Waals surface area contributed by atoms with E-state index in [2.05, 4.69) is 4.74 Å². The SMILES string of the molecule is CCN(CC(C)C(=O)O)S(=O)(=O)C(C)C(=O)OC. The van der Waals surface area contributed by atoms with E-state index in [9.17, 15) is 18.0 Å². The Kier molecular flexibility index (Phi) is 6.27. The molecule has 0 rings (SSSR count). The van der Waals surface area contributed by atoms with Crippen LogP contribution in [0.1, 0.15) is 20.8 Å². The van der Waals surface area contributed by atoms with Crippen molar-refractivity contribution in [1.29, 1.82) is 0 Å². The van der Waals surface area contributed by atoms with Crippen molar-refractivity contribution in [3.05, 3.63) is 0 Å². The van der Waals surface area contributed by atoms with Gasteiger partial charge in [-0.15, -0.1) is 0 Å². The van der Waals surface area contributed by atoms with Crippen LogP contribution in [-0.2, 0) is 24.3 Å². The van der Waals surface area contributed by atoms with Crippen LogP contribution < -0.4 is 0 Å². The van der Waals surface area contributed by atoms with Crippen LogP contribution in [0.3, 0.4) is 0 Å². The number of carbonyl (C=O) groups excluding carboxylic acids is 1. The molecular formula is C10H19NO6S. The molecule has 0 aliphatic rings. The Bertz CT molecular complexity index is 405. The summed E-state index contributed by atoms with van der Waals surface area (Å²) in [6, 6.07) is 0. The summed E-state index contributed by atoms with van der Waals surface area (Å²) in [6.45, 7) is 4.13. The van der Waals surface area contributed by atoms with Gasteiger partial charge in [0, 0.05) is 13.1 Å². The van der Waals surface area contributed by atoms with E-state index in [4.69, 9.17) is 5.11 Å². The summed E-state index contributed by atoms with van der Waals surface area (Å²) < 4.78 is 29.5. The number of carboxylic acids is 1. The van der Waals surface area contributed by atoms with Crippen LogP contribution in [0.15, 0.2) is 0 Å². The van der Waals surface area contributed by atoms with Gasteiger partial charge in [-0.05, 0) is 6.92 Å². The third kappa shape index (κ3) is 3.95. The molecule has 0 spiro atoms. The lowest BCUT2D eigenvalue weighted by Gasteiger charge is -2.24. The number of esters is 1. The van der Waals surface area contributed by atoms with Gasteiger partial charge in [0.15, 0.2) is 5.25 Å². The molecular weight excluding hydrogens is 262 g/mol. The number of sulfonamides is 1. The molecule has 0 saturated heterocycles. The second-order valence-corrected chi connectivity index (χ2v) is 6.15. The van der Waals surface area contributed by atoms with Gasteiger partial charge < -0.3 is 9.84 Å². The zero-order valence-electron chi connectivity index (χ0n) is 10.9. The first-order valence-electron chi connectivity index (χ1n) is 5.48. The largest absolute Gasteiger partial charge is 0.481 e. The fourth-order valence-electron chi connectivity index (χ4n) is 1.31. The molecule has 0 aromatic heterocycles. The highest BCUT2D eigenvalue weighted by Crippen LogP contribution is 2.13. The molecule has 0 aromatic carbocycles. The third-order valence-corrected chi connectivity index (χ3v) is 4.80. The lowest BCUT2D eigenvalue weighted by Crippen LogP contribution is -2.44. The third-order valence-electron chi connectivity index (χ3n) is 2.59. The number of hydrogen-bond acceptors (Lipinski definition) is 5. The molecule has 0 fully saturated rings. The van der Waals surface area contributed by atoms with E-state index in [-0.39, 0.29) is 13.1 Å². The molecule has 0 saturated carbocycles. The zero-order chi connectivity index (χ0) is 14.5. The van der Waals surface area contributed by atoms with E-state index in [1.165, 1.54) is 13.8 Å².